The van der Waals surface area contributed by atoms with E-state index in [-0.39, 0.29) is 6.61 Å². The summed E-state index contributed by atoms with van der Waals surface area (Å²) in [7, 11) is 2.98. The lowest BCUT2D eigenvalue weighted by atomic mass is 10.2. The molecule has 0 heterocycles. The molecule has 0 spiro atoms. The van der Waals surface area contributed by atoms with Gasteiger partial charge in [-0.05, 0) is 58.7 Å². The third-order valence-corrected chi connectivity index (χ3v) is 4.03. The molecule has 0 bridgehead atoms. The first kappa shape index (κ1) is 19.6. The highest BCUT2D eigenvalue weighted by Crippen LogP contribution is 2.27. The zero-order chi connectivity index (χ0) is 19.1. The minimum absolute atomic E-state index is 0.242. The number of halogens is 1. The fraction of sp³-hybridized carbons (Fsp3) is 0.222. The lowest BCUT2D eigenvalue weighted by Gasteiger charge is -2.11. The summed E-state index contributed by atoms with van der Waals surface area (Å²) >= 11 is 3.37. The van der Waals surface area contributed by atoms with Gasteiger partial charge in [0, 0.05) is 5.56 Å². The smallest absolute Gasteiger partial charge is 0.276 e. The standard InChI is InChI=1S/C18H19BrN2O5/c1-11-4-6-14(13(19)8-11)26-10-17(22)20-21-18(23)12-5-7-15(24-2)16(9-12)25-3/h4-9H,10H2,1-3H3,(H,20,22)(H,21,23). The van der Waals surface area contributed by atoms with E-state index in [1.807, 2.05) is 19.1 Å². The number of ether oxygens (including phenoxy) is 3. The number of nitrogens with one attached hydrogen (secondary N) is 2. The summed E-state index contributed by atoms with van der Waals surface area (Å²) in [6, 6.07) is 10.2. The Morgan fingerprint density at radius 3 is 2.31 bits per heavy atom. The number of benzene rings is 2. The molecule has 0 fully saturated rings. The van der Waals surface area contributed by atoms with Crippen molar-refractivity contribution in [3.63, 3.8) is 0 Å². The van der Waals surface area contributed by atoms with E-state index < -0.39 is 11.8 Å². The van der Waals surface area contributed by atoms with Crippen molar-refractivity contribution in [2.75, 3.05) is 20.8 Å². The molecule has 0 aliphatic carbocycles. The molecule has 0 aromatic heterocycles. The number of hydrogen-bond acceptors (Lipinski definition) is 5. The number of amides is 2. The van der Waals surface area contributed by atoms with Crippen LogP contribution < -0.4 is 25.1 Å². The average molecular weight is 423 g/mol. The van der Waals surface area contributed by atoms with Crippen molar-refractivity contribution in [2.24, 2.45) is 0 Å². The Labute approximate surface area is 159 Å². The monoisotopic (exact) mass is 422 g/mol. The number of hydrazine groups is 1. The van der Waals surface area contributed by atoms with Gasteiger partial charge in [-0.15, -0.1) is 0 Å². The number of carbonyl (C=O) groups excluding carboxylic acids is 2. The van der Waals surface area contributed by atoms with Crippen LogP contribution in [0.3, 0.4) is 0 Å². The predicted molar refractivity (Wildman–Crippen MR) is 99.5 cm³/mol. The highest BCUT2D eigenvalue weighted by atomic mass is 79.9. The van der Waals surface area contributed by atoms with Crippen LogP contribution in [0.2, 0.25) is 0 Å². The Kier molecular flexibility index (Phi) is 6.85. The van der Waals surface area contributed by atoms with Crippen LogP contribution >= 0.6 is 15.9 Å². The van der Waals surface area contributed by atoms with Gasteiger partial charge in [0.05, 0.1) is 18.7 Å². The van der Waals surface area contributed by atoms with Crippen LogP contribution in [-0.4, -0.2) is 32.6 Å². The third kappa shape index (κ3) is 5.13. The first-order valence-electron chi connectivity index (χ1n) is 7.64. The molecule has 0 atom stereocenters. The fourth-order valence-corrected chi connectivity index (χ4v) is 2.69. The summed E-state index contributed by atoms with van der Waals surface area (Å²) in [5.41, 5.74) is 5.99. The van der Waals surface area contributed by atoms with Gasteiger partial charge < -0.3 is 14.2 Å². The van der Waals surface area contributed by atoms with E-state index in [0.29, 0.717) is 22.8 Å². The minimum atomic E-state index is -0.494. The van der Waals surface area contributed by atoms with Gasteiger partial charge in [-0.3, -0.25) is 20.4 Å². The number of hydrogen-bond donors (Lipinski definition) is 2. The second-order valence-corrected chi connectivity index (χ2v) is 6.15. The molecule has 2 aromatic carbocycles. The van der Waals surface area contributed by atoms with E-state index in [9.17, 15) is 9.59 Å². The van der Waals surface area contributed by atoms with Gasteiger partial charge in [-0.2, -0.15) is 0 Å². The molecule has 2 amide bonds. The van der Waals surface area contributed by atoms with E-state index in [1.165, 1.54) is 20.3 Å². The van der Waals surface area contributed by atoms with E-state index >= 15 is 0 Å². The van der Waals surface area contributed by atoms with E-state index in [0.717, 1.165) is 10.0 Å². The molecular formula is C18H19BrN2O5. The Hall–Kier alpha value is -2.74. The fourth-order valence-electron chi connectivity index (χ4n) is 2.08. The van der Waals surface area contributed by atoms with E-state index in [4.69, 9.17) is 14.2 Å². The number of aryl methyl sites for hydroxylation is 1. The van der Waals surface area contributed by atoms with Gasteiger partial charge in [-0.1, -0.05) is 6.07 Å². The van der Waals surface area contributed by atoms with Crippen LogP contribution in [0.15, 0.2) is 40.9 Å². The second kappa shape index (κ2) is 9.10. The summed E-state index contributed by atoms with van der Waals surface area (Å²) in [5, 5.41) is 0. The van der Waals surface area contributed by atoms with Crippen LogP contribution in [-0.2, 0) is 4.79 Å². The lowest BCUT2D eigenvalue weighted by molar-refractivity contribution is -0.123. The molecule has 138 valence electrons. The molecule has 0 saturated heterocycles. The largest absolute Gasteiger partial charge is 0.493 e. The van der Waals surface area contributed by atoms with Crippen LogP contribution in [0.5, 0.6) is 17.2 Å². The molecular weight excluding hydrogens is 404 g/mol. The molecule has 0 unspecified atom stereocenters. The van der Waals surface area contributed by atoms with Gasteiger partial charge in [0.2, 0.25) is 0 Å². The Morgan fingerprint density at radius 2 is 1.65 bits per heavy atom. The lowest BCUT2D eigenvalue weighted by Crippen LogP contribution is -2.43. The molecule has 2 rings (SSSR count). The summed E-state index contributed by atoms with van der Waals surface area (Å²) in [6.45, 7) is 1.71. The Morgan fingerprint density at radius 1 is 0.962 bits per heavy atom. The van der Waals surface area contributed by atoms with Crippen molar-refractivity contribution in [2.45, 2.75) is 6.92 Å². The number of carbonyl (C=O) groups is 2. The first-order chi connectivity index (χ1) is 12.4. The molecule has 0 saturated carbocycles. The number of methoxy groups -OCH3 is 2. The molecule has 0 aliphatic rings. The molecule has 7 nitrogen and oxygen atoms in total. The van der Waals surface area contributed by atoms with Gasteiger partial charge in [0.1, 0.15) is 5.75 Å². The van der Waals surface area contributed by atoms with Crippen LogP contribution in [0.1, 0.15) is 15.9 Å². The van der Waals surface area contributed by atoms with Crippen molar-refractivity contribution in [1.29, 1.82) is 0 Å². The summed E-state index contributed by atoms with van der Waals surface area (Å²) < 4.78 is 16.4. The molecule has 26 heavy (non-hydrogen) atoms. The molecule has 0 aliphatic heterocycles. The highest BCUT2D eigenvalue weighted by Gasteiger charge is 2.12. The van der Waals surface area contributed by atoms with Gasteiger partial charge in [0.25, 0.3) is 11.8 Å². The average Bonchev–Trinajstić information content (AvgIpc) is 2.64. The molecule has 0 radical (unpaired) electrons. The van der Waals surface area contributed by atoms with Crippen molar-refractivity contribution >= 4 is 27.7 Å². The van der Waals surface area contributed by atoms with Crippen LogP contribution in [0, 0.1) is 6.92 Å². The molecule has 2 N–H and O–H groups in total. The summed E-state index contributed by atoms with van der Waals surface area (Å²) in [6.07, 6.45) is 0. The highest BCUT2D eigenvalue weighted by molar-refractivity contribution is 9.10. The second-order valence-electron chi connectivity index (χ2n) is 5.29. The molecule has 8 heteroatoms. The van der Waals surface area contributed by atoms with Crippen molar-refractivity contribution in [3.8, 4) is 17.2 Å². The number of rotatable bonds is 6. The maximum atomic E-state index is 12.1. The van der Waals surface area contributed by atoms with Gasteiger partial charge >= 0.3 is 0 Å². The third-order valence-electron chi connectivity index (χ3n) is 3.41. The topological polar surface area (TPSA) is 85.9 Å². The maximum Gasteiger partial charge on any atom is 0.276 e. The Balaban J connectivity index is 1.87. The Bertz CT molecular complexity index is 810. The van der Waals surface area contributed by atoms with Crippen LogP contribution in [0.4, 0.5) is 0 Å². The minimum Gasteiger partial charge on any atom is -0.493 e. The van der Waals surface area contributed by atoms with Crippen molar-refractivity contribution in [1.82, 2.24) is 10.9 Å². The maximum absolute atomic E-state index is 12.1. The first-order valence-corrected chi connectivity index (χ1v) is 8.44. The quantitative estimate of drug-likeness (QED) is 0.698. The zero-order valence-corrected chi connectivity index (χ0v) is 16.2. The normalized spacial score (nSPS) is 10.0. The van der Waals surface area contributed by atoms with Gasteiger partial charge in [-0.25, -0.2) is 0 Å². The zero-order valence-electron chi connectivity index (χ0n) is 14.6. The summed E-state index contributed by atoms with van der Waals surface area (Å²) in [5.74, 6) is 0.475. The van der Waals surface area contributed by atoms with Crippen molar-refractivity contribution in [3.05, 3.63) is 52.0 Å². The van der Waals surface area contributed by atoms with Gasteiger partial charge in [0.15, 0.2) is 18.1 Å². The molecule has 2 aromatic rings. The predicted octanol–water partition coefficient (Wildman–Crippen LogP) is 2.61. The van der Waals surface area contributed by atoms with E-state index in [2.05, 4.69) is 26.8 Å². The summed E-state index contributed by atoms with van der Waals surface area (Å²) in [4.78, 5) is 24.0. The van der Waals surface area contributed by atoms with E-state index in [1.54, 1.807) is 18.2 Å². The SMILES string of the molecule is COc1ccc(C(=O)NNC(=O)COc2ccc(C)cc2Br)cc1OC. The van der Waals surface area contributed by atoms with Crippen LogP contribution in [0.25, 0.3) is 0 Å². The van der Waals surface area contributed by atoms with Crippen molar-refractivity contribution < 1.29 is 23.8 Å².